The summed E-state index contributed by atoms with van der Waals surface area (Å²) >= 11 is 0. The van der Waals surface area contributed by atoms with Crippen molar-refractivity contribution in [2.24, 2.45) is 5.92 Å². The number of carbonyl (C=O) groups is 1. The number of sulfonamides is 1. The van der Waals surface area contributed by atoms with Crippen LogP contribution in [0.5, 0.6) is 0 Å². The lowest BCUT2D eigenvalue weighted by atomic mass is 10.2. The summed E-state index contributed by atoms with van der Waals surface area (Å²) in [5.41, 5.74) is -0.540. The molecule has 8 nitrogen and oxygen atoms in total. The van der Waals surface area contributed by atoms with Crippen LogP contribution < -0.4 is 0 Å². The van der Waals surface area contributed by atoms with Gasteiger partial charge in [-0.2, -0.15) is 4.31 Å². The van der Waals surface area contributed by atoms with Gasteiger partial charge in [0.1, 0.15) is 0 Å². The van der Waals surface area contributed by atoms with Crippen LogP contribution in [0.4, 0.5) is 5.69 Å². The number of hydrogen-bond donors (Lipinski definition) is 1. The van der Waals surface area contributed by atoms with Crippen molar-refractivity contribution in [3.8, 4) is 0 Å². The van der Waals surface area contributed by atoms with Crippen molar-refractivity contribution in [3.63, 3.8) is 0 Å². The Kier molecular flexibility index (Phi) is 4.79. The summed E-state index contributed by atoms with van der Waals surface area (Å²) in [4.78, 5) is 20.3. The summed E-state index contributed by atoms with van der Waals surface area (Å²) in [6, 6.07) is 4.93. The van der Waals surface area contributed by atoms with Crippen molar-refractivity contribution in [1.29, 1.82) is 0 Å². The van der Waals surface area contributed by atoms with Gasteiger partial charge in [-0.15, -0.1) is 0 Å². The highest BCUT2D eigenvalue weighted by molar-refractivity contribution is 7.89. The van der Waals surface area contributed by atoms with Gasteiger partial charge in [-0.25, -0.2) is 8.42 Å². The number of nitro groups is 1. The van der Waals surface area contributed by atoms with E-state index in [0.29, 0.717) is 0 Å². The van der Waals surface area contributed by atoms with Gasteiger partial charge in [0.15, 0.2) is 4.90 Å². The first-order chi connectivity index (χ1) is 9.17. The number of rotatable bonds is 6. The average Bonchev–Trinajstić information content (AvgIpc) is 2.38. The maximum absolute atomic E-state index is 12.2. The molecule has 0 aliphatic carbocycles. The zero-order valence-corrected chi connectivity index (χ0v) is 11.7. The van der Waals surface area contributed by atoms with E-state index in [9.17, 15) is 23.3 Å². The molecule has 9 heteroatoms. The number of para-hydroxylation sites is 1. The summed E-state index contributed by atoms with van der Waals surface area (Å²) in [6.45, 7) is 1.08. The molecule has 1 aromatic rings. The van der Waals surface area contributed by atoms with Crippen LogP contribution in [0.25, 0.3) is 0 Å². The van der Waals surface area contributed by atoms with Crippen LogP contribution in [-0.2, 0) is 14.8 Å². The molecule has 0 spiro atoms. The summed E-state index contributed by atoms with van der Waals surface area (Å²) in [6.07, 6.45) is 0. The first-order valence-electron chi connectivity index (χ1n) is 5.60. The largest absolute Gasteiger partial charge is 0.481 e. The first kappa shape index (κ1) is 16.1. The molecule has 0 aliphatic rings. The van der Waals surface area contributed by atoms with Crippen LogP contribution in [0.15, 0.2) is 29.2 Å². The lowest BCUT2D eigenvalue weighted by molar-refractivity contribution is -0.387. The van der Waals surface area contributed by atoms with E-state index in [1.807, 2.05) is 0 Å². The molecule has 0 fully saturated rings. The molecule has 1 N–H and O–H groups in total. The van der Waals surface area contributed by atoms with E-state index < -0.39 is 37.4 Å². The summed E-state index contributed by atoms with van der Waals surface area (Å²) < 4.78 is 25.3. The molecule has 0 bridgehead atoms. The second-order valence-corrected chi connectivity index (χ2v) is 6.26. The van der Waals surface area contributed by atoms with Crippen molar-refractivity contribution >= 4 is 21.7 Å². The molecule has 1 atom stereocenters. The second-order valence-electron chi connectivity index (χ2n) is 4.25. The van der Waals surface area contributed by atoms with Crippen LogP contribution in [-0.4, -0.2) is 42.3 Å². The van der Waals surface area contributed by atoms with Crippen molar-refractivity contribution in [2.75, 3.05) is 13.6 Å². The second kappa shape index (κ2) is 5.97. The molecular weight excluding hydrogens is 288 g/mol. The third-order valence-corrected chi connectivity index (χ3v) is 4.57. The predicted molar refractivity (Wildman–Crippen MR) is 69.7 cm³/mol. The Bertz CT molecular complexity index is 628. The van der Waals surface area contributed by atoms with Crippen molar-refractivity contribution in [3.05, 3.63) is 34.4 Å². The van der Waals surface area contributed by atoms with E-state index in [2.05, 4.69) is 0 Å². The maximum Gasteiger partial charge on any atom is 0.307 e. The SMILES string of the molecule is CC(CN(C)S(=O)(=O)c1ccccc1[N+](=O)[O-])C(=O)O. The molecular formula is C11H14N2O6S. The van der Waals surface area contributed by atoms with Crippen LogP contribution in [0, 0.1) is 16.0 Å². The van der Waals surface area contributed by atoms with Crippen LogP contribution in [0.3, 0.4) is 0 Å². The van der Waals surface area contributed by atoms with Crippen LogP contribution >= 0.6 is 0 Å². The third-order valence-electron chi connectivity index (χ3n) is 2.70. The highest BCUT2D eigenvalue weighted by Crippen LogP contribution is 2.25. The normalized spacial score (nSPS) is 13.2. The van der Waals surface area contributed by atoms with Gasteiger partial charge < -0.3 is 5.11 Å². The number of benzene rings is 1. The van der Waals surface area contributed by atoms with Gasteiger partial charge in [0.25, 0.3) is 5.69 Å². The molecule has 1 rings (SSSR count). The van der Waals surface area contributed by atoms with Gasteiger partial charge >= 0.3 is 5.97 Å². The quantitative estimate of drug-likeness (QED) is 0.617. The monoisotopic (exact) mass is 302 g/mol. The van der Waals surface area contributed by atoms with Crippen molar-refractivity contribution in [2.45, 2.75) is 11.8 Å². The lowest BCUT2D eigenvalue weighted by Crippen LogP contribution is -2.34. The molecule has 0 amide bonds. The fourth-order valence-electron chi connectivity index (χ4n) is 1.56. The van der Waals surface area contributed by atoms with Crippen molar-refractivity contribution < 1.29 is 23.2 Å². The number of carboxylic acid groups (broad SMARTS) is 1. The van der Waals surface area contributed by atoms with E-state index in [1.165, 1.54) is 26.1 Å². The summed E-state index contributed by atoms with van der Waals surface area (Å²) in [5.74, 6) is -2.06. The predicted octanol–water partition coefficient (Wildman–Crippen LogP) is 0.936. The van der Waals surface area contributed by atoms with Gasteiger partial charge in [0.05, 0.1) is 10.8 Å². The van der Waals surface area contributed by atoms with E-state index in [0.717, 1.165) is 16.4 Å². The highest BCUT2D eigenvalue weighted by atomic mass is 32.2. The molecule has 0 saturated carbocycles. The maximum atomic E-state index is 12.2. The Morgan fingerprint density at radius 1 is 1.45 bits per heavy atom. The zero-order valence-electron chi connectivity index (χ0n) is 10.9. The van der Waals surface area contributed by atoms with E-state index in [4.69, 9.17) is 5.11 Å². The van der Waals surface area contributed by atoms with Gasteiger partial charge in [-0.3, -0.25) is 14.9 Å². The van der Waals surface area contributed by atoms with E-state index >= 15 is 0 Å². The average molecular weight is 302 g/mol. The molecule has 1 aromatic carbocycles. The highest BCUT2D eigenvalue weighted by Gasteiger charge is 2.30. The molecule has 0 aliphatic heterocycles. The summed E-state index contributed by atoms with van der Waals surface area (Å²) in [7, 11) is -2.93. The van der Waals surface area contributed by atoms with Crippen LogP contribution in [0.1, 0.15) is 6.92 Å². The first-order valence-corrected chi connectivity index (χ1v) is 7.04. The van der Waals surface area contributed by atoms with Gasteiger partial charge in [0.2, 0.25) is 10.0 Å². The van der Waals surface area contributed by atoms with E-state index in [-0.39, 0.29) is 6.54 Å². The zero-order chi connectivity index (χ0) is 15.5. The lowest BCUT2D eigenvalue weighted by Gasteiger charge is -2.19. The van der Waals surface area contributed by atoms with Gasteiger partial charge in [-0.1, -0.05) is 19.1 Å². The van der Waals surface area contributed by atoms with Crippen LogP contribution in [0.2, 0.25) is 0 Å². The third kappa shape index (κ3) is 3.31. The minimum absolute atomic E-state index is 0.274. The number of nitro benzene ring substituents is 1. The molecule has 0 saturated heterocycles. The molecule has 20 heavy (non-hydrogen) atoms. The topological polar surface area (TPSA) is 118 Å². The Balaban J connectivity index is 3.17. The van der Waals surface area contributed by atoms with E-state index in [1.54, 1.807) is 0 Å². The minimum atomic E-state index is -4.11. The molecule has 0 heterocycles. The Morgan fingerprint density at radius 2 is 2.00 bits per heavy atom. The molecule has 0 radical (unpaired) electrons. The smallest absolute Gasteiger partial charge is 0.307 e. The number of aliphatic carboxylic acids is 1. The molecule has 110 valence electrons. The molecule has 1 unspecified atom stereocenters. The Hall–Kier alpha value is -2.00. The Morgan fingerprint density at radius 3 is 2.50 bits per heavy atom. The van der Waals surface area contributed by atoms with Gasteiger partial charge in [-0.05, 0) is 6.07 Å². The minimum Gasteiger partial charge on any atom is -0.481 e. The fourth-order valence-corrected chi connectivity index (χ4v) is 2.97. The molecule has 0 aromatic heterocycles. The van der Waals surface area contributed by atoms with Gasteiger partial charge in [0, 0.05) is 19.7 Å². The standard InChI is InChI=1S/C11H14N2O6S/c1-8(11(14)15)7-12(2)20(18,19)10-6-4-3-5-9(10)13(16)17/h3-6,8H,7H2,1-2H3,(H,14,15). The number of carboxylic acids is 1. The fraction of sp³-hybridized carbons (Fsp3) is 0.364. The number of nitrogens with zero attached hydrogens (tertiary/aromatic N) is 2. The Labute approximate surface area is 115 Å². The van der Waals surface area contributed by atoms with Crippen molar-refractivity contribution in [1.82, 2.24) is 4.31 Å². The summed E-state index contributed by atoms with van der Waals surface area (Å²) in [5, 5.41) is 19.6. The number of hydrogen-bond acceptors (Lipinski definition) is 5.